The van der Waals surface area contributed by atoms with Crippen LogP contribution in [0.3, 0.4) is 0 Å². The molecule has 0 saturated carbocycles. The molecule has 10 heteroatoms. The Morgan fingerprint density at radius 1 is 1.20 bits per heavy atom. The number of carbonyl (C=O) groups excluding carboxylic acids is 1. The minimum Gasteiger partial charge on any atom is -0.376 e. The Hall–Kier alpha value is -1.71. The topological polar surface area (TPSA) is 75.7 Å². The minimum atomic E-state index is -4.12. The summed E-state index contributed by atoms with van der Waals surface area (Å²) in [6, 6.07) is 9.60. The van der Waals surface area contributed by atoms with Gasteiger partial charge in [-0.2, -0.15) is 4.31 Å². The third-order valence-electron chi connectivity index (χ3n) is 4.72. The molecule has 0 aliphatic carbocycles. The average Bonchev–Trinajstić information content (AvgIpc) is 3.22. The van der Waals surface area contributed by atoms with Gasteiger partial charge in [-0.05, 0) is 49.2 Å². The summed E-state index contributed by atoms with van der Waals surface area (Å²) >= 11 is 11.9. The van der Waals surface area contributed by atoms with E-state index in [4.69, 9.17) is 27.9 Å². The van der Waals surface area contributed by atoms with Crippen molar-refractivity contribution >= 4 is 39.1 Å². The van der Waals surface area contributed by atoms with Gasteiger partial charge in [0.05, 0.1) is 17.5 Å². The van der Waals surface area contributed by atoms with Crippen molar-refractivity contribution in [2.24, 2.45) is 0 Å². The molecule has 0 unspecified atom stereocenters. The third-order valence-corrected chi connectivity index (χ3v) is 7.13. The number of nitrogens with one attached hydrogen (secondary N) is 1. The fourth-order valence-electron chi connectivity index (χ4n) is 3.09. The Morgan fingerprint density at radius 2 is 1.93 bits per heavy atom. The van der Waals surface area contributed by atoms with E-state index >= 15 is 0 Å². The van der Waals surface area contributed by atoms with Crippen LogP contribution in [0.25, 0.3) is 0 Å². The Labute approximate surface area is 185 Å². The second kappa shape index (κ2) is 10.1. The first-order chi connectivity index (χ1) is 14.3. The lowest BCUT2D eigenvalue weighted by Crippen LogP contribution is -2.42. The van der Waals surface area contributed by atoms with Crippen LogP contribution in [0.5, 0.6) is 0 Å². The number of benzene rings is 2. The van der Waals surface area contributed by atoms with E-state index < -0.39 is 34.8 Å². The van der Waals surface area contributed by atoms with Crippen molar-refractivity contribution in [3.63, 3.8) is 0 Å². The first-order valence-electron chi connectivity index (χ1n) is 9.34. The molecule has 162 valence electrons. The largest absolute Gasteiger partial charge is 0.376 e. The van der Waals surface area contributed by atoms with Gasteiger partial charge in [0.15, 0.2) is 0 Å². The number of ether oxygens (including phenoxy) is 1. The number of amides is 1. The van der Waals surface area contributed by atoms with Crippen molar-refractivity contribution in [2.45, 2.75) is 30.4 Å². The van der Waals surface area contributed by atoms with E-state index in [0.717, 1.165) is 17.1 Å². The summed E-state index contributed by atoms with van der Waals surface area (Å²) in [4.78, 5) is 12.4. The van der Waals surface area contributed by atoms with Crippen LogP contribution in [0.4, 0.5) is 4.39 Å². The van der Waals surface area contributed by atoms with Gasteiger partial charge >= 0.3 is 0 Å². The number of nitrogens with zero attached hydrogens (tertiary/aromatic N) is 1. The van der Waals surface area contributed by atoms with E-state index in [2.05, 4.69) is 5.32 Å². The van der Waals surface area contributed by atoms with E-state index in [-0.39, 0.29) is 28.1 Å². The number of hydrogen-bond donors (Lipinski definition) is 1. The van der Waals surface area contributed by atoms with Gasteiger partial charge in [0.1, 0.15) is 5.82 Å². The van der Waals surface area contributed by atoms with Gasteiger partial charge in [-0.15, -0.1) is 0 Å². The zero-order valence-corrected chi connectivity index (χ0v) is 18.3. The van der Waals surface area contributed by atoms with Gasteiger partial charge in [-0.1, -0.05) is 29.3 Å². The van der Waals surface area contributed by atoms with Crippen LogP contribution in [0.15, 0.2) is 47.4 Å². The summed E-state index contributed by atoms with van der Waals surface area (Å²) < 4.78 is 47.0. The number of sulfonamides is 1. The molecule has 3 rings (SSSR count). The molecule has 0 spiro atoms. The number of rotatable bonds is 8. The molecule has 1 aliphatic rings. The fourth-order valence-corrected chi connectivity index (χ4v) is 4.80. The summed E-state index contributed by atoms with van der Waals surface area (Å²) in [7, 11) is -4.12. The van der Waals surface area contributed by atoms with Gasteiger partial charge < -0.3 is 10.1 Å². The predicted molar refractivity (Wildman–Crippen MR) is 112 cm³/mol. The van der Waals surface area contributed by atoms with Gasteiger partial charge in [0.2, 0.25) is 15.9 Å². The van der Waals surface area contributed by atoms with E-state index in [1.54, 1.807) is 0 Å². The van der Waals surface area contributed by atoms with Crippen molar-refractivity contribution in [1.29, 1.82) is 0 Å². The second-order valence-corrected chi connectivity index (χ2v) is 9.65. The van der Waals surface area contributed by atoms with Crippen molar-refractivity contribution in [3.8, 4) is 0 Å². The molecule has 1 atom stereocenters. The Morgan fingerprint density at radius 3 is 2.57 bits per heavy atom. The molecule has 1 heterocycles. The van der Waals surface area contributed by atoms with E-state index in [1.807, 2.05) is 0 Å². The van der Waals surface area contributed by atoms with Crippen LogP contribution in [-0.2, 0) is 26.1 Å². The lowest BCUT2D eigenvalue weighted by atomic mass is 10.2. The van der Waals surface area contributed by atoms with Crippen molar-refractivity contribution in [1.82, 2.24) is 9.62 Å². The van der Waals surface area contributed by atoms with Crippen LogP contribution in [-0.4, -0.2) is 44.4 Å². The maximum atomic E-state index is 14.3. The van der Waals surface area contributed by atoms with Crippen molar-refractivity contribution < 1.29 is 22.3 Å². The van der Waals surface area contributed by atoms with Crippen LogP contribution in [0.2, 0.25) is 10.0 Å². The molecule has 2 aromatic carbocycles. The van der Waals surface area contributed by atoms with Gasteiger partial charge in [0.25, 0.3) is 0 Å². The molecule has 1 amide bonds. The molecule has 1 N–H and O–H groups in total. The quantitative estimate of drug-likeness (QED) is 0.633. The molecule has 1 fully saturated rings. The normalized spacial score (nSPS) is 16.7. The lowest BCUT2D eigenvalue weighted by molar-refractivity contribution is -0.121. The van der Waals surface area contributed by atoms with E-state index in [1.165, 1.54) is 42.5 Å². The highest BCUT2D eigenvalue weighted by Gasteiger charge is 2.29. The van der Waals surface area contributed by atoms with Gasteiger partial charge in [0, 0.05) is 35.3 Å². The summed E-state index contributed by atoms with van der Waals surface area (Å²) in [5, 5.41) is 3.13. The van der Waals surface area contributed by atoms with Gasteiger partial charge in [-0.3, -0.25) is 4.79 Å². The molecule has 0 bridgehead atoms. The number of halogens is 3. The zero-order chi connectivity index (χ0) is 21.7. The molecule has 0 aromatic heterocycles. The molecule has 30 heavy (non-hydrogen) atoms. The molecule has 1 saturated heterocycles. The maximum Gasteiger partial charge on any atom is 0.243 e. The number of carbonyl (C=O) groups is 1. The molecular weight excluding hydrogens is 454 g/mol. The van der Waals surface area contributed by atoms with Crippen LogP contribution in [0.1, 0.15) is 18.4 Å². The third kappa shape index (κ3) is 5.70. The van der Waals surface area contributed by atoms with Crippen molar-refractivity contribution in [2.75, 3.05) is 19.7 Å². The van der Waals surface area contributed by atoms with Crippen LogP contribution in [0, 0.1) is 5.82 Å². The standard InChI is InChI=1S/C20H21Cl2FN2O4S/c21-14-6-8-16(9-7-14)30(27,28)25(12-17-18(22)4-1-5-19(17)23)13-20(26)24-11-15-3-2-10-29-15/h1,4-9,15H,2-3,10-13H2,(H,24,26)/t15-/m1/s1. The minimum absolute atomic E-state index is 0.0105. The highest BCUT2D eigenvalue weighted by molar-refractivity contribution is 7.89. The molecular formula is C20H21Cl2FN2O4S. The maximum absolute atomic E-state index is 14.3. The Bertz CT molecular complexity index is 976. The fraction of sp³-hybridized carbons (Fsp3) is 0.350. The van der Waals surface area contributed by atoms with Gasteiger partial charge in [-0.25, -0.2) is 12.8 Å². The monoisotopic (exact) mass is 474 g/mol. The molecule has 2 aromatic rings. The lowest BCUT2D eigenvalue weighted by Gasteiger charge is -2.23. The summed E-state index contributed by atoms with van der Waals surface area (Å²) in [6.45, 7) is 0.0314. The highest BCUT2D eigenvalue weighted by Crippen LogP contribution is 2.25. The highest BCUT2D eigenvalue weighted by atomic mass is 35.5. The summed E-state index contributed by atoms with van der Waals surface area (Å²) in [5.74, 6) is -1.17. The molecule has 6 nitrogen and oxygen atoms in total. The molecule has 1 aliphatic heterocycles. The summed E-state index contributed by atoms with van der Waals surface area (Å²) in [5.41, 5.74) is -0.0105. The number of hydrogen-bond acceptors (Lipinski definition) is 4. The Balaban J connectivity index is 1.83. The molecule has 0 radical (unpaired) electrons. The summed E-state index contributed by atoms with van der Waals surface area (Å²) in [6.07, 6.45) is 1.66. The first-order valence-corrected chi connectivity index (χ1v) is 11.5. The average molecular weight is 475 g/mol. The first kappa shape index (κ1) is 23.0. The zero-order valence-electron chi connectivity index (χ0n) is 16.0. The van der Waals surface area contributed by atoms with E-state index in [9.17, 15) is 17.6 Å². The SMILES string of the molecule is O=C(CN(Cc1c(F)cccc1Cl)S(=O)(=O)c1ccc(Cl)cc1)NC[C@H]1CCCO1. The van der Waals surface area contributed by atoms with Crippen molar-refractivity contribution in [3.05, 3.63) is 63.9 Å². The Kier molecular flexibility index (Phi) is 7.70. The predicted octanol–water partition coefficient (Wildman–Crippen LogP) is 3.62. The van der Waals surface area contributed by atoms with Crippen LogP contribution < -0.4 is 5.32 Å². The van der Waals surface area contributed by atoms with E-state index in [0.29, 0.717) is 11.6 Å². The second-order valence-electron chi connectivity index (χ2n) is 6.87. The smallest absolute Gasteiger partial charge is 0.243 e. The van der Waals surface area contributed by atoms with Crippen LogP contribution >= 0.6 is 23.2 Å².